The highest BCUT2D eigenvalue weighted by atomic mass is 15.0. The highest BCUT2D eigenvalue weighted by Gasteiger charge is 2.08. The topological polar surface area (TPSA) is 76.1 Å². The molecular weight excluding hydrogens is 236 g/mol. The summed E-state index contributed by atoms with van der Waals surface area (Å²) in [6.45, 7) is 4.43. The van der Waals surface area contributed by atoms with Crippen LogP contribution in [0, 0.1) is 0 Å². The molecule has 4 nitrogen and oxygen atoms in total. The first-order valence-corrected chi connectivity index (χ1v) is 7.25. The number of nitrogens with one attached hydrogen (secondary N) is 2. The molecule has 0 aliphatic carbocycles. The Morgan fingerprint density at radius 3 is 2.32 bits per heavy atom. The normalized spacial score (nSPS) is 12.5. The molecule has 1 rings (SSSR count). The fraction of sp³-hybridized carbons (Fsp3) is 0.600. The lowest BCUT2D eigenvalue weighted by Gasteiger charge is -2.19. The lowest BCUT2D eigenvalue weighted by molar-refractivity contribution is 0.465. The van der Waals surface area contributed by atoms with Gasteiger partial charge in [0, 0.05) is 12.6 Å². The Morgan fingerprint density at radius 1 is 0.947 bits per heavy atom. The second-order valence-electron chi connectivity index (χ2n) is 4.83. The fourth-order valence-corrected chi connectivity index (χ4v) is 2.03. The molecule has 0 radical (unpaired) electrons. The second kappa shape index (κ2) is 10.9. The molecule has 19 heavy (non-hydrogen) atoms. The summed E-state index contributed by atoms with van der Waals surface area (Å²) in [5.41, 5.74) is 12.4. The molecule has 1 atom stereocenters. The van der Waals surface area contributed by atoms with Gasteiger partial charge in [-0.15, -0.1) is 0 Å². The molecule has 1 unspecified atom stereocenters. The summed E-state index contributed by atoms with van der Waals surface area (Å²) < 4.78 is 0. The maximum atomic E-state index is 5.54. The highest BCUT2D eigenvalue weighted by Crippen LogP contribution is 2.02. The second-order valence-corrected chi connectivity index (χ2v) is 4.83. The lowest BCUT2D eigenvalue weighted by Crippen LogP contribution is -2.41. The Kier molecular flexibility index (Phi) is 9.27. The van der Waals surface area contributed by atoms with Gasteiger partial charge in [0.2, 0.25) is 0 Å². The highest BCUT2D eigenvalue weighted by molar-refractivity contribution is 5.16. The average Bonchev–Trinajstić information content (AvgIpc) is 2.44. The van der Waals surface area contributed by atoms with Crippen molar-refractivity contribution in [3.8, 4) is 0 Å². The third-order valence-electron chi connectivity index (χ3n) is 3.09. The monoisotopic (exact) mass is 264 g/mol. The van der Waals surface area contributed by atoms with E-state index in [0.29, 0.717) is 6.04 Å². The van der Waals surface area contributed by atoms with Crippen LogP contribution in [-0.2, 0) is 6.42 Å². The molecule has 0 fully saturated rings. The minimum absolute atomic E-state index is 0.451. The Bertz CT molecular complexity index is 302. The molecule has 0 bridgehead atoms. The van der Waals surface area contributed by atoms with Crippen LogP contribution >= 0.6 is 0 Å². The van der Waals surface area contributed by atoms with Crippen molar-refractivity contribution < 1.29 is 0 Å². The maximum absolute atomic E-state index is 5.54. The van der Waals surface area contributed by atoms with Crippen molar-refractivity contribution >= 4 is 0 Å². The predicted molar refractivity (Wildman–Crippen MR) is 82.1 cm³/mol. The third-order valence-corrected chi connectivity index (χ3v) is 3.09. The fourth-order valence-electron chi connectivity index (χ4n) is 2.03. The van der Waals surface area contributed by atoms with E-state index in [4.69, 9.17) is 11.5 Å². The van der Waals surface area contributed by atoms with Crippen molar-refractivity contribution in [2.45, 2.75) is 25.3 Å². The molecule has 0 aromatic heterocycles. The molecule has 6 N–H and O–H groups in total. The van der Waals surface area contributed by atoms with Crippen molar-refractivity contribution in [2.24, 2.45) is 11.5 Å². The molecule has 1 aromatic rings. The molecule has 108 valence electrons. The first-order chi connectivity index (χ1) is 9.36. The summed E-state index contributed by atoms with van der Waals surface area (Å²) >= 11 is 0. The molecule has 0 amide bonds. The van der Waals surface area contributed by atoms with Crippen molar-refractivity contribution in [1.29, 1.82) is 0 Å². The van der Waals surface area contributed by atoms with Gasteiger partial charge < -0.3 is 22.1 Å². The summed E-state index contributed by atoms with van der Waals surface area (Å²) in [5, 5.41) is 7.03. The number of rotatable bonds is 11. The minimum Gasteiger partial charge on any atom is -0.330 e. The summed E-state index contributed by atoms with van der Waals surface area (Å²) in [7, 11) is 0. The molecule has 0 heterocycles. The SMILES string of the molecule is NCCCNCC(Cc1ccccc1)NCCCN. The van der Waals surface area contributed by atoms with Crippen LogP contribution in [0.3, 0.4) is 0 Å². The molecule has 0 spiro atoms. The van der Waals surface area contributed by atoms with Crippen LogP contribution in [0.2, 0.25) is 0 Å². The van der Waals surface area contributed by atoms with Crippen LogP contribution < -0.4 is 22.1 Å². The zero-order chi connectivity index (χ0) is 13.8. The van der Waals surface area contributed by atoms with Crippen LogP contribution in [-0.4, -0.2) is 38.8 Å². The quantitative estimate of drug-likeness (QED) is 0.438. The first kappa shape index (κ1) is 16.1. The first-order valence-electron chi connectivity index (χ1n) is 7.25. The van der Waals surface area contributed by atoms with Crippen LogP contribution in [0.25, 0.3) is 0 Å². The van der Waals surface area contributed by atoms with Gasteiger partial charge in [-0.1, -0.05) is 30.3 Å². The maximum Gasteiger partial charge on any atom is 0.0232 e. The van der Waals surface area contributed by atoms with E-state index in [-0.39, 0.29) is 0 Å². The largest absolute Gasteiger partial charge is 0.330 e. The zero-order valence-electron chi connectivity index (χ0n) is 11.8. The Balaban J connectivity index is 2.35. The molecule has 1 aromatic carbocycles. The van der Waals surface area contributed by atoms with E-state index in [2.05, 4.69) is 41.0 Å². The van der Waals surface area contributed by atoms with Crippen molar-refractivity contribution in [3.05, 3.63) is 35.9 Å². The van der Waals surface area contributed by atoms with Gasteiger partial charge in [-0.2, -0.15) is 0 Å². The van der Waals surface area contributed by atoms with Gasteiger partial charge in [-0.25, -0.2) is 0 Å². The van der Waals surface area contributed by atoms with E-state index in [0.717, 1.165) is 52.0 Å². The minimum atomic E-state index is 0.451. The van der Waals surface area contributed by atoms with Gasteiger partial charge in [0.05, 0.1) is 0 Å². The van der Waals surface area contributed by atoms with Gasteiger partial charge in [0.25, 0.3) is 0 Å². The van der Waals surface area contributed by atoms with Crippen LogP contribution in [0.4, 0.5) is 0 Å². The number of hydrogen-bond acceptors (Lipinski definition) is 4. The van der Waals surface area contributed by atoms with E-state index >= 15 is 0 Å². The number of benzene rings is 1. The third kappa shape index (κ3) is 7.95. The number of nitrogens with two attached hydrogens (primary N) is 2. The Hall–Kier alpha value is -0.940. The standard InChI is InChI=1S/C15H28N4/c16-8-4-10-18-13-15(19-11-5-9-17)12-14-6-2-1-3-7-14/h1-3,6-7,15,18-19H,4-5,8-13,16-17H2. The van der Waals surface area contributed by atoms with Gasteiger partial charge in [0.1, 0.15) is 0 Å². The van der Waals surface area contributed by atoms with Crippen molar-refractivity contribution in [2.75, 3.05) is 32.7 Å². The summed E-state index contributed by atoms with van der Waals surface area (Å²) in [4.78, 5) is 0. The molecule has 0 saturated heterocycles. The summed E-state index contributed by atoms with van der Waals surface area (Å²) in [6, 6.07) is 11.0. The predicted octanol–water partition coefficient (Wildman–Crippen LogP) is 0.475. The molecule has 0 aliphatic rings. The summed E-state index contributed by atoms with van der Waals surface area (Å²) in [5.74, 6) is 0. The van der Waals surface area contributed by atoms with Gasteiger partial charge in [-0.3, -0.25) is 0 Å². The smallest absolute Gasteiger partial charge is 0.0232 e. The van der Waals surface area contributed by atoms with Crippen LogP contribution in [0.15, 0.2) is 30.3 Å². The van der Waals surface area contributed by atoms with E-state index in [1.165, 1.54) is 5.56 Å². The number of hydrogen-bond donors (Lipinski definition) is 4. The summed E-state index contributed by atoms with van der Waals surface area (Å²) in [6.07, 6.45) is 3.09. The average molecular weight is 264 g/mol. The molecule has 0 saturated carbocycles. The van der Waals surface area contributed by atoms with Crippen molar-refractivity contribution in [3.63, 3.8) is 0 Å². The van der Waals surface area contributed by atoms with E-state index in [1.807, 2.05) is 0 Å². The van der Waals surface area contributed by atoms with Crippen LogP contribution in [0.1, 0.15) is 18.4 Å². The van der Waals surface area contributed by atoms with E-state index in [1.54, 1.807) is 0 Å². The van der Waals surface area contributed by atoms with Gasteiger partial charge in [0.15, 0.2) is 0 Å². The van der Waals surface area contributed by atoms with E-state index in [9.17, 15) is 0 Å². The van der Waals surface area contributed by atoms with Gasteiger partial charge in [-0.05, 0) is 51.0 Å². The molecular formula is C15H28N4. The Labute approximate surface area is 116 Å². The lowest BCUT2D eigenvalue weighted by atomic mass is 10.1. The van der Waals surface area contributed by atoms with E-state index < -0.39 is 0 Å². The zero-order valence-corrected chi connectivity index (χ0v) is 11.8. The molecule has 0 aliphatic heterocycles. The molecule has 4 heteroatoms. The van der Waals surface area contributed by atoms with Gasteiger partial charge >= 0.3 is 0 Å². The Morgan fingerprint density at radius 2 is 1.63 bits per heavy atom. The van der Waals surface area contributed by atoms with Crippen LogP contribution in [0.5, 0.6) is 0 Å². The van der Waals surface area contributed by atoms with Crippen molar-refractivity contribution in [1.82, 2.24) is 10.6 Å².